The maximum Gasteiger partial charge on any atom is 0.231 e. The first-order chi connectivity index (χ1) is 13.4. The molecule has 0 spiro atoms. The van der Waals surface area contributed by atoms with Gasteiger partial charge in [-0.1, -0.05) is 0 Å². The van der Waals surface area contributed by atoms with Gasteiger partial charge in [0.25, 0.3) is 0 Å². The third-order valence-electron chi connectivity index (χ3n) is 4.49. The number of nitrogens with zero attached hydrogens (tertiary/aromatic N) is 4. The van der Waals surface area contributed by atoms with Gasteiger partial charge in [0.2, 0.25) is 24.6 Å². The lowest BCUT2D eigenvalue weighted by atomic mass is 10.3. The number of nitrogens with two attached hydrogens (primary N) is 2. The first-order valence-electron chi connectivity index (χ1n) is 9.24. The second kappa shape index (κ2) is 13.8. The molecule has 160 valence electrons. The van der Waals surface area contributed by atoms with E-state index in [1.807, 2.05) is 9.80 Å². The second-order valence-corrected chi connectivity index (χ2v) is 6.68. The summed E-state index contributed by atoms with van der Waals surface area (Å²) in [5.41, 5.74) is 10.7. The Balaban J connectivity index is 2.84. The van der Waals surface area contributed by atoms with Gasteiger partial charge in [-0.25, -0.2) is 0 Å². The Morgan fingerprint density at radius 2 is 0.929 bits per heavy atom. The fraction of sp³-hybridized carbons (Fsp3) is 0.750. The number of amides is 4. The molecule has 12 heteroatoms. The van der Waals surface area contributed by atoms with E-state index >= 15 is 0 Å². The Morgan fingerprint density at radius 1 is 0.643 bits per heavy atom. The first-order valence-corrected chi connectivity index (χ1v) is 9.24. The summed E-state index contributed by atoms with van der Waals surface area (Å²) in [6.45, 7) is 5.84. The van der Waals surface area contributed by atoms with Crippen molar-refractivity contribution in [3.63, 3.8) is 0 Å². The highest BCUT2D eigenvalue weighted by Crippen LogP contribution is 2.00. The van der Waals surface area contributed by atoms with Gasteiger partial charge in [0.1, 0.15) is 0 Å². The predicted octanol–water partition coefficient (Wildman–Crippen LogP) is -4.41. The molecule has 4 amide bonds. The van der Waals surface area contributed by atoms with Gasteiger partial charge in [0, 0.05) is 52.4 Å². The van der Waals surface area contributed by atoms with Crippen molar-refractivity contribution in [3.05, 3.63) is 0 Å². The zero-order valence-electron chi connectivity index (χ0n) is 16.2. The summed E-state index contributed by atoms with van der Waals surface area (Å²) in [4.78, 5) is 52.0. The monoisotopic (exact) mass is 400 g/mol. The Morgan fingerprint density at radius 3 is 1.18 bits per heavy atom. The minimum Gasteiger partial charge on any atom is -0.369 e. The smallest absolute Gasteiger partial charge is 0.231 e. The van der Waals surface area contributed by atoms with E-state index in [0.29, 0.717) is 78.5 Å². The molecule has 0 atom stereocenters. The van der Waals surface area contributed by atoms with Crippen LogP contribution in [0.5, 0.6) is 0 Å². The number of rotatable bonds is 10. The van der Waals surface area contributed by atoms with Crippen LogP contribution < -0.4 is 22.1 Å². The van der Waals surface area contributed by atoms with Crippen LogP contribution >= 0.6 is 0 Å². The van der Waals surface area contributed by atoms with Crippen molar-refractivity contribution < 1.29 is 19.2 Å². The highest BCUT2D eigenvalue weighted by molar-refractivity contribution is 5.76. The van der Waals surface area contributed by atoms with Gasteiger partial charge in [-0.05, 0) is 0 Å². The molecule has 12 nitrogen and oxygen atoms in total. The highest BCUT2D eigenvalue weighted by Gasteiger charge is 2.18. The number of carbonyl (C=O) groups is 4. The summed E-state index contributed by atoms with van der Waals surface area (Å²) in [6.07, 6.45) is 1.29. The van der Waals surface area contributed by atoms with E-state index in [1.54, 1.807) is 0 Å². The first kappa shape index (κ1) is 23.8. The summed E-state index contributed by atoms with van der Waals surface area (Å²) in [5, 5.41) is 5.32. The van der Waals surface area contributed by atoms with Gasteiger partial charge in [-0.2, -0.15) is 0 Å². The molecule has 0 aromatic rings. The molecule has 0 aromatic carbocycles. The van der Waals surface area contributed by atoms with Crippen LogP contribution in [0, 0.1) is 0 Å². The molecule has 28 heavy (non-hydrogen) atoms. The fourth-order valence-electron chi connectivity index (χ4n) is 2.98. The average Bonchev–Trinajstić information content (AvgIpc) is 2.63. The number of hydrogen-bond donors (Lipinski definition) is 4. The standard InChI is InChI=1S/C16H32N8O4/c17-15(27)9-21-1-2-22(10-16(18)28)4-6-24(12-20-14-26)8-7-23(5-3-21)11-19-13-25/h13-14H,1-12H2,(H2,17,27)(H2,18,28)(H,19,25)(H,20,26). The minimum atomic E-state index is -0.419. The molecule has 0 aromatic heterocycles. The Bertz CT molecular complexity index is 463. The van der Waals surface area contributed by atoms with Gasteiger partial charge in [0.05, 0.1) is 26.4 Å². The molecule has 0 unspecified atom stereocenters. The van der Waals surface area contributed by atoms with Crippen LogP contribution in [0.1, 0.15) is 0 Å². The second-order valence-electron chi connectivity index (χ2n) is 6.68. The normalized spacial score (nSPS) is 19.1. The summed E-state index contributed by atoms with van der Waals surface area (Å²) in [5.74, 6) is -0.838. The Labute approximate surface area is 165 Å². The van der Waals surface area contributed by atoms with Crippen molar-refractivity contribution >= 4 is 24.6 Å². The molecule has 0 radical (unpaired) electrons. The average molecular weight is 400 g/mol. The molecule has 1 aliphatic rings. The lowest BCUT2D eigenvalue weighted by Gasteiger charge is -2.33. The molecule has 0 saturated carbocycles. The highest BCUT2D eigenvalue weighted by atomic mass is 16.2. The number of primary amides is 2. The zero-order valence-corrected chi connectivity index (χ0v) is 16.2. The maximum atomic E-state index is 11.4. The topological polar surface area (TPSA) is 157 Å². The Kier molecular flexibility index (Phi) is 11.7. The zero-order chi connectivity index (χ0) is 20.8. The van der Waals surface area contributed by atoms with Crippen LogP contribution in [0.2, 0.25) is 0 Å². The summed E-state index contributed by atoms with van der Waals surface area (Å²) < 4.78 is 0. The molecule has 0 aliphatic carbocycles. The third-order valence-corrected chi connectivity index (χ3v) is 4.49. The van der Waals surface area contributed by atoms with Gasteiger partial charge >= 0.3 is 0 Å². The molecule has 1 heterocycles. The maximum absolute atomic E-state index is 11.4. The molecule has 1 aliphatic heterocycles. The fourth-order valence-corrected chi connectivity index (χ4v) is 2.98. The largest absolute Gasteiger partial charge is 0.369 e. The predicted molar refractivity (Wildman–Crippen MR) is 103 cm³/mol. The van der Waals surface area contributed by atoms with E-state index in [-0.39, 0.29) is 13.1 Å². The van der Waals surface area contributed by atoms with Gasteiger partial charge in [0.15, 0.2) is 0 Å². The summed E-state index contributed by atoms with van der Waals surface area (Å²) >= 11 is 0. The van der Waals surface area contributed by atoms with Crippen molar-refractivity contribution in [2.24, 2.45) is 11.5 Å². The van der Waals surface area contributed by atoms with Crippen molar-refractivity contribution in [2.75, 3.05) is 78.8 Å². The van der Waals surface area contributed by atoms with E-state index in [2.05, 4.69) is 20.4 Å². The van der Waals surface area contributed by atoms with E-state index in [4.69, 9.17) is 11.5 Å². The SMILES string of the molecule is NC(=O)CN1CCN(CNC=O)CCN(CNC=O)CCN(CC(N)=O)CC1. The lowest BCUT2D eigenvalue weighted by molar-refractivity contribution is -0.120. The molecular formula is C16H32N8O4. The summed E-state index contributed by atoms with van der Waals surface area (Å²) in [7, 11) is 0. The van der Waals surface area contributed by atoms with Crippen molar-refractivity contribution in [1.82, 2.24) is 30.2 Å². The van der Waals surface area contributed by atoms with E-state index < -0.39 is 11.8 Å². The van der Waals surface area contributed by atoms with Crippen LogP contribution in [-0.4, -0.2) is 123 Å². The van der Waals surface area contributed by atoms with Crippen LogP contribution in [0.15, 0.2) is 0 Å². The lowest BCUT2D eigenvalue weighted by Crippen LogP contribution is -2.50. The van der Waals surface area contributed by atoms with Crippen molar-refractivity contribution in [1.29, 1.82) is 0 Å². The van der Waals surface area contributed by atoms with Crippen LogP contribution in [0.3, 0.4) is 0 Å². The van der Waals surface area contributed by atoms with Crippen LogP contribution in [-0.2, 0) is 19.2 Å². The third kappa shape index (κ3) is 10.8. The molecule has 1 fully saturated rings. The van der Waals surface area contributed by atoms with Gasteiger partial charge < -0.3 is 22.1 Å². The molecule has 0 bridgehead atoms. The minimum absolute atomic E-state index is 0.120. The van der Waals surface area contributed by atoms with E-state index in [0.717, 1.165) is 0 Å². The van der Waals surface area contributed by atoms with Gasteiger partial charge in [-0.15, -0.1) is 0 Å². The number of hydrogen-bond acceptors (Lipinski definition) is 8. The van der Waals surface area contributed by atoms with E-state index in [1.165, 1.54) is 0 Å². The number of carbonyl (C=O) groups excluding carboxylic acids is 4. The van der Waals surface area contributed by atoms with E-state index in [9.17, 15) is 19.2 Å². The molecular weight excluding hydrogens is 368 g/mol. The Hall–Kier alpha value is -2.28. The van der Waals surface area contributed by atoms with Crippen LogP contribution in [0.25, 0.3) is 0 Å². The van der Waals surface area contributed by atoms with Crippen LogP contribution in [0.4, 0.5) is 0 Å². The molecule has 1 rings (SSSR count). The quantitative estimate of drug-likeness (QED) is 0.268. The van der Waals surface area contributed by atoms with Crippen molar-refractivity contribution in [2.45, 2.75) is 0 Å². The summed E-state index contributed by atoms with van der Waals surface area (Å²) in [6, 6.07) is 0. The molecule has 6 N–H and O–H groups in total. The van der Waals surface area contributed by atoms with Crippen molar-refractivity contribution in [3.8, 4) is 0 Å². The van der Waals surface area contributed by atoms with Gasteiger partial charge in [-0.3, -0.25) is 38.8 Å². The number of nitrogens with one attached hydrogen (secondary N) is 2. The molecule has 1 saturated heterocycles.